The molecule has 0 bridgehead atoms. The van der Waals surface area contributed by atoms with E-state index in [-0.39, 0.29) is 23.8 Å². The molecule has 7 rings (SSSR count). The minimum Gasteiger partial charge on any atom is -0.469 e. The molecule has 1 heterocycles. The molecule has 0 spiro atoms. The predicted octanol–water partition coefficient (Wildman–Crippen LogP) is 8.59. The van der Waals surface area contributed by atoms with Gasteiger partial charge in [0, 0.05) is 46.8 Å². The highest BCUT2D eigenvalue weighted by Gasteiger charge is 2.30. The number of rotatable bonds is 15. The zero-order valence-electron chi connectivity index (χ0n) is 37.9. The number of hydrogen-bond acceptors (Lipinski definition) is 8. The van der Waals surface area contributed by atoms with Gasteiger partial charge in [0.15, 0.2) is 12.4 Å². The molecule has 1 aliphatic rings. The highest BCUT2D eigenvalue weighted by Crippen LogP contribution is 2.47. The first-order chi connectivity index (χ1) is 31.2. The molecular formula is C54H56N5O6+. The normalized spacial score (nSPS) is 12.8. The summed E-state index contributed by atoms with van der Waals surface area (Å²) in [5, 5.41) is 21.6. The van der Waals surface area contributed by atoms with E-state index in [0.717, 1.165) is 50.1 Å². The molecule has 2 unspecified atom stereocenters. The molecule has 4 N–H and O–H groups in total. The zero-order valence-corrected chi connectivity index (χ0v) is 37.9. The van der Waals surface area contributed by atoms with Gasteiger partial charge in [-0.3, -0.25) is 19.2 Å². The molecule has 11 heteroatoms. The van der Waals surface area contributed by atoms with Crippen molar-refractivity contribution in [1.82, 2.24) is 10.6 Å². The number of aromatic nitrogens is 1. The Morgan fingerprint density at radius 1 is 0.523 bits per heavy atom. The van der Waals surface area contributed by atoms with Crippen LogP contribution in [0.25, 0.3) is 33.4 Å². The van der Waals surface area contributed by atoms with Gasteiger partial charge in [0.1, 0.15) is 7.05 Å². The first-order valence-corrected chi connectivity index (χ1v) is 21.5. The van der Waals surface area contributed by atoms with Gasteiger partial charge in [-0.15, -0.1) is 0 Å². The van der Waals surface area contributed by atoms with Crippen LogP contribution in [0, 0.1) is 22.7 Å². The Morgan fingerprint density at radius 2 is 0.954 bits per heavy atom. The predicted molar refractivity (Wildman–Crippen MR) is 254 cm³/mol. The second kappa shape index (κ2) is 21.2. The summed E-state index contributed by atoms with van der Waals surface area (Å²) in [7, 11) is 4.67. The van der Waals surface area contributed by atoms with Crippen molar-refractivity contribution < 1.29 is 33.2 Å². The highest BCUT2D eigenvalue weighted by molar-refractivity contribution is 6.06. The van der Waals surface area contributed by atoms with Crippen LogP contribution < -0.4 is 15.2 Å². The fourth-order valence-electron chi connectivity index (χ4n) is 7.92. The summed E-state index contributed by atoms with van der Waals surface area (Å²) in [6.45, 7) is 7.08. The number of esters is 2. The lowest BCUT2D eigenvalue weighted by Crippen LogP contribution is -2.42. The van der Waals surface area contributed by atoms with E-state index in [1.165, 1.54) is 19.8 Å². The van der Waals surface area contributed by atoms with Crippen molar-refractivity contribution in [2.75, 3.05) is 14.2 Å². The summed E-state index contributed by atoms with van der Waals surface area (Å²) < 4.78 is 12.0. The van der Waals surface area contributed by atoms with Gasteiger partial charge < -0.3 is 30.9 Å². The molecule has 5 aromatic carbocycles. The van der Waals surface area contributed by atoms with Crippen LogP contribution in [0.2, 0.25) is 0 Å². The summed E-state index contributed by atoms with van der Waals surface area (Å²) in [5.74, 6) is -2.32. The number of nitrogens with one attached hydrogen (secondary N) is 4. The molecule has 0 radical (unpaired) electrons. The number of methoxy groups -OCH3 is 2. The number of benzene rings is 5. The average molecular weight is 871 g/mol. The first kappa shape index (κ1) is 47.0. The van der Waals surface area contributed by atoms with Crippen LogP contribution in [-0.4, -0.2) is 61.5 Å². The molecule has 11 nitrogen and oxygen atoms in total. The number of fused-ring (bicyclic) bond motifs is 4. The molecule has 2 amide bonds. The van der Waals surface area contributed by atoms with Crippen LogP contribution in [-0.2, 0) is 39.0 Å². The van der Waals surface area contributed by atoms with E-state index in [9.17, 15) is 19.2 Å². The summed E-state index contributed by atoms with van der Waals surface area (Å²) in [5.41, 5.74) is 12.1. The van der Waals surface area contributed by atoms with Crippen LogP contribution in [0.4, 0.5) is 0 Å². The number of carbonyl (C=O) groups excluding carboxylic acids is 4. The van der Waals surface area contributed by atoms with Crippen molar-refractivity contribution in [1.29, 1.82) is 10.8 Å². The lowest BCUT2D eigenvalue weighted by Gasteiger charge is -2.26. The van der Waals surface area contributed by atoms with Crippen molar-refractivity contribution in [3.8, 4) is 33.4 Å². The van der Waals surface area contributed by atoms with Crippen LogP contribution in [0.5, 0.6) is 0 Å². The number of aryl methyl sites for hydroxylation is 1. The maximum Gasteiger partial charge on any atom is 0.311 e. The van der Waals surface area contributed by atoms with Gasteiger partial charge in [-0.05, 0) is 133 Å². The number of amides is 2. The SMILES string of the molecule is COC(=O)[C@H](Cc1cccc(C(C)=N)c1)C(C)NC(=O)c1ccc(-c2cc[n+](C)cc2)cc1.COC(=O)[C@H](Cc1cccc(C(C)=N)c1)C(C)NC(=O)c1ccc2c(c1)-c1ccccc1-2. The summed E-state index contributed by atoms with van der Waals surface area (Å²) in [6, 6.07) is 39.5. The van der Waals surface area contributed by atoms with Gasteiger partial charge in [-0.2, -0.15) is 0 Å². The summed E-state index contributed by atoms with van der Waals surface area (Å²) in [6.07, 6.45) is 4.76. The molecule has 0 saturated heterocycles. The Bertz CT molecular complexity index is 2730. The fourth-order valence-corrected chi connectivity index (χ4v) is 7.92. The Kier molecular flexibility index (Phi) is 15.3. The Labute approximate surface area is 380 Å². The summed E-state index contributed by atoms with van der Waals surface area (Å²) >= 11 is 0. The molecule has 1 aromatic heterocycles. The number of hydrogen-bond donors (Lipinski definition) is 4. The van der Waals surface area contributed by atoms with Gasteiger partial charge in [0.2, 0.25) is 0 Å². The van der Waals surface area contributed by atoms with Crippen molar-refractivity contribution in [3.63, 3.8) is 0 Å². The van der Waals surface area contributed by atoms with E-state index in [0.29, 0.717) is 35.4 Å². The van der Waals surface area contributed by atoms with Crippen molar-refractivity contribution >= 4 is 35.2 Å². The Morgan fingerprint density at radius 3 is 1.43 bits per heavy atom. The maximum absolute atomic E-state index is 13.0. The van der Waals surface area contributed by atoms with E-state index in [1.54, 1.807) is 26.0 Å². The third kappa shape index (κ3) is 11.5. The number of pyridine rings is 1. The van der Waals surface area contributed by atoms with Crippen LogP contribution >= 0.6 is 0 Å². The smallest absolute Gasteiger partial charge is 0.311 e. The lowest BCUT2D eigenvalue weighted by atomic mass is 9.80. The molecule has 6 aromatic rings. The monoisotopic (exact) mass is 870 g/mol. The van der Waals surface area contributed by atoms with Crippen LogP contribution in [0.1, 0.15) is 70.7 Å². The highest BCUT2D eigenvalue weighted by atomic mass is 16.5. The third-order valence-corrected chi connectivity index (χ3v) is 11.8. The minimum atomic E-state index is -0.551. The largest absolute Gasteiger partial charge is 0.469 e. The van der Waals surface area contributed by atoms with Gasteiger partial charge in [0.25, 0.3) is 11.8 Å². The molecule has 1 aliphatic carbocycles. The van der Waals surface area contributed by atoms with Gasteiger partial charge in [-0.25, -0.2) is 4.57 Å². The van der Waals surface area contributed by atoms with E-state index >= 15 is 0 Å². The van der Waals surface area contributed by atoms with Crippen LogP contribution in [0.3, 0.4) is 0 Å². The zero-order chi connectivity index (χ0) is 46.8. The van der Waals surface area contributed by atoms with E-state index < -0.39 is 23.9 Å². The standard InChI is InChI=1S/C27H29N3O3.C27H26N2O3/c1-18(28)24-7-5-6-20(16-24)17-25(27(32)33-4)19(2)29-26(31)23-10-8-21(9-11-23)22-12-14-30(3)15-13-22;1-16(28)19-8-6-7-18(13-19)14-24(27(31)32-3)17(2)29-26(30)20-11-12-23-21-9-4-5-10-22(21)25(23)15-20/h5-16,19,25,28H,17H2,1-4H3;4-13,15,17,24,28H,14H2,1-3H3,(H,29,30)/p+1/t19?,25-;17?,24-/m11/s1. The lowest BCUT2D eigenvalue weighted by molar-refractivity contribution is -0.671. The van der Waals surface area contributed by atoms with E-state index in [1.807, 2.05) is 141 Å². The Hall–Kier alpha value is -7.53. The van der Waals surface area contributed by atoms with Gasteiger partial charge in [0.05, 0.1) is 26.1 Å². The second-order valence-electron chi connectivity index (χ2n) is 16.5. The summed E-state index contributed by atoms with van der Waals surface area (Å²) in [4.78, 5) is 50.9. The first-order valence-electron chi connectivity index (χ1n) is 21.5. The quantitative estimate of drug-likeness (QED) is 0.0459. The number of ether oxygens (including phenoxy) is 2. The van der Waals surface area contributed by atoms with Crippen LogP contribution in [0.15, 0.2) is 140 Å². The van der Waals surface area contributed by atoms with Crippen molar-refractivity contribution in [2.24, 2.45) is 18.9 Å². The average Bonchev–Trinajstić information content (AvgIpc) is 3.31. The molecule has 332 valence electrons. The maximum atomic E-state index is 13.0. The fraction of sp³-hybridized carbons (Fsp3) is 0.241. The molecule has 65 heavy (non-hydrogen) atoms. The molecule has 4 atom stereocenters. The topological polar surface area (TPSA) is 162 Å². The van der Waals surface area contributed by atoms with Gasteiger partial charge >= 0.3 is 11.9 Å². The number of nitrogens with zero attached hydrogens (tertiary/aromatic N) is 1. The Balaban J connectivity index is 0.000000215. The molecule has 0 aliphatic heterocycles. The van der Waals surface area contributed by atoms with Crippen molar-refractivity contribution in [2.45, 2.75) is 52.6 Å². The molecule has 0 fully saturated rings. The molecule has 0 saturated carbocycles. The molecular weight excluding hydrogens is 815 g/mol. The van der Waals surface area contributed by atoms with Crippen molar-refractivity contribution in [3.05, 3.63) is 173 Å². The van der Waals surface area contributed by atoms with E-state index in [4.69, 9.17) is 20.3 Å². The minimum absolute atomic E-state index is 0.220. The number of carbonyl (C=O) groups is 4. The van der Waals surface area contributed by atoms with Gasteiger partial charge in [-0.1, -0.05) is 78.9 Å². The second-order valence-corrected chi connectivity index (χ2v) is 16.5. The van der Waals surface area contributed by atoms with E-state index in [2.05, 4.69) is 22.8 Å². The third-order valence-electron chi connectivity index (χ3n) is 11.8.